The lowest BCUT2D eigenvalue weighted by Gasteiger charge is -2.34. The van der Waals surface area contributed by atoms with Crippen molar-refractivity contribution in [3.63, 3.8) is 0 Å². The zero-order valence-corrected chi connectivity index (χ0v) is 17.3. The van der Waals surface area contributed by atoms with E-state index in [1.54, 1.807) is 11.3 Å². The molecule has 3 aromatic rings. The van der Waals surface area contributed by atoms with Crippen molar-refractivity contribution in [1.82, 2.24) is 15.2 Å². The molecular weight excluding hydrogens is 368 g/mol. The standard InChI is InChI=1S/C22H26N4OS/c1-16-14-17(2)20-19(15-16)28-22(24-20)26-12-10-25(11-13-26)9-8-23-21(27)18-6-4-3-5-7-18/h3-7,14-15H,8-13H2,1-2H3,(H,23,27). The highest BCUT2D eigenvalue weighted by Crippen LogP contribution is 2.32. The fourth-order valence-electron chi connectivity index (χ4n) is 3.68. The largest absolute Gasteiger partial charge is 0.351 e. The van der Waals surface area contributed by atoms with E-state index < -0.39 is 0 Å². The highest BCUT2D eigenvalue weighted by molar-refractivity contribution is 7.22. The number of nitrogens with one attached hydrogen (secondary N) is 1. The number of aryl methyl sites for hydroxylation is 2. The van der Waals surface area contributed by atoms with E-state index in [-0.39, 0.29) is 5.91 Å². The zero-order chi connectivity index (χ0) is 19.5. The van der Waals surface area contributed by atoms with Crippen molar-refractivity contribution >= 4 is 32.6 Å². The number of rotatable bonds is 5. The summed E-state index contributed by atoms with van der Waals surface area (Å²) in [6.07, 6.45) is 0. The van der Waals surface area contributed by atoms with Gasteiger partial charge in [-0.1, -0.05) is 35.6 Å². The third-order valence-corrected chi connectivity index (χ3v) is 6.27. The molecule has 0 atom stereocenters. The highest BCUT2D eigenvalue weighted by Gasteiger charge is 2.20. The molecule has 28 heavy (non-hydrogen) atoms. The predicted octanol–water partition coefficient (Wildman–Crippen LogP) is 3.47. The molecular formula is C22H26N4OS. The molecule has 5 nitrogen and oxygen atoms in total. The smallest absolute Gasteiger partial charge is 0.251 e. The van der Waals surface area contributed by atoms with Crippen molar-refractivity contribution in [3.8, 4) is 0 Å². The predicted molar refractivity (Wildman–Crippen MR) is 117 cm³/mol. The molecule has 1 N–H and O–H groups in total. The Morgan fingerprint density at radius 3 is 2.61 bits per heavy atom. The molecule has 1 aromatic heterocycles. The molecule has 1 aliphatic heterocycles. The van der Waals surface area contributed by atoms with E-state index in [1.165, 1.54) is 15.8 Å². The maximum absolute atomic E-state index is 12.1. The van der Waals surface area contributed by atoms with Gasteiger partial charge in [0.05, 0.1) is 10.2 Å². The van der Waals surface area contributed by atoms with Crippen molar-refractivity contribution < 1.29 is 4.79 Å². The van der Waals surface area contributed by atoms with Crippen LogP contribution in [0.2, 0.25) is 0 Å². The molecule has 1 fully saturated rings. The molecule has 0 saturated carbocycles. The number of piperazine rings is 1. The molecule has 0 bridgehead atoms. The van der Waals surface area contributed by atoms with Gasteiger partial charge in [0, 0.05) is 44.8 Å². The first-order valence-corrected chi connectivity index (χ1v) is 10.6. The molecule has 0 aliphatic carbocycles. The Kier molecular flexibility index (Phi) is 5.59. The third kappa shape index (κ3) is 4.18. The number of benzene rings is 2. The highest BCUT2D eigenvalue weighted by atomic mass is 32.1. The van der Waals surface area contributed by atoms with Gasteiger partial charge in [-0.15, -0.1) is 0 Å². The van der Waals surface area contributed by atoms with E-state index in [1.807, 2.05) is 30.3 Å². The Labute approximate surface area is 170 Å². The monoisotopic (exact) mass is 394 g/mol. The summed E-state index contributed by atoms with van der Waals surface area (Å²) < 4.78 is 1.28. The average molecular weight is 395 g/mol. The molecule has 1 amide bonds. The van der Waals surface area contributed by atoms with Gasteiger partial charge in [0.1, 0.15) is 0 Å². The van der Waals surface area contributed by atoms with Gasteiger partial charge in [0.25, 0.3) is 5.91 Å². The van der Waals surface area contributed by atoms with Crippen LogP contribution in [-0.4, -0.2) is 55.1 Å². The number of nitrogens with zero attached hydrogens (tertiary/aromatic N) is 3. The first-order chi connectivity index (χ1) is 13.6. The first-order valence-electron chi connectivity index (χ1n) is 9.78. The Hall–Kier alpha value is -2.44. The summed E-state index contributed by atoms with van der Waals surface area (Å²) in [5.41, 5.74) is 4.40. The second-order valence-electron chi connectivity index (χ2n) is 7.38. The van der Waals surface area contributed by atoms with Crippen LogP contribution in [0.3, 0.4) is 0 Å². The zero-order valence-electron chi connectivity index (χ0n) is 16.4. The fraction of sp³-hybridized carbons (Fsp3) is 0.364. The second kappa shape index (κ2) is 8.29. The van der Waals surface area contributed by atoms with Crippen LogP contribution in [0.25, 0.3) is 10.2 Å². The quantitative estimate of drug-likeness (QED) is 0.720. The van der Waals surface area contributed by atoms with Crippen molar-refractivity contribution in [2.75, 3.05) is 44.2 Å². The van der Waals surface area contributed by atoms with Gasteiger partial charge in [0.2, 0.25) is 0 Å². The number of anilines is 1. The normalized spacial score (nSPS) is 15.1. The van der Waals surface area contributed by atoms with Crippen LogP contribution in [0.1, 0.15) is 21.5 Å². The lowest BCUT2D eigenvalue weighted by atomic mass is 10.1. The van der Waals surface area contributed by atoms with Crippen LogP contribution in [0.15, 0.2) is 42.5 Å². The van der Waals surface area contributed by atoms with Crippen LogP contribution in [0.5, 0.6) is 0 Å². The molecule has 0 unspecified atom stereocenters. The number of amides is 1. The molecule has 1 aliphatic rings. The number of hydrogen-bond acceptors (Lipinski definition) is 5. The molecule has 2 aromatic carbocycles. The summed E-state index contributed by atoms with van der Waals surface area (Å²) in [5.74, 6) is -0.000579. The average Bonchev–Trinajstić information content (AvgIpc) is 3.13. The Morgan fingerprint density at radius 2 is 1.86 bits per heavy atom. The topological polar surface area (TPSA) is 48.5 Å². The first kappa shape index (κ1) is 18.9. The Balaban J connectivity index is 1.28. The lowest BCUT2D eigenvalue weighted by Crippen LogP contribution is -2.48. The van der Waals surface area contributed by atoms with Crippen LogP contribution in [0, 0.1) is 13.8 Å². The van der Waals surface area contributed by atoms with Crippen LogP contribution >= 0.6 is 11.3 Å². The molecule has 2 heterocycles. The summed E-state index contributed by atoms with van der Waals surface area (Å²) in [5, 5.41) is 4.14. The number of hydrogen-bond donors (Lipinski definition) is 1. The van der Waals surface area contributed by atoms with Gasteiger partial charge in [-0.3, -0.25) is 9.69 Å². The molecule has 6 heteroatoms. The minimum Gasteiger partial charge on any atom is -0.351 e. The van der Waals surface area contributed by atoms with Gasteiger partial charge >= 0.3 is 0 Å². The molecule has 1 saturated heterocycles. The summed E-state index contributed by atoms with van der Waals surface area (Å²) >= 11 is 1.79. The van der Waals surface area contributed by atoms with Gasteiger partial charge in [-0.05, 0) is 43.2 Å². The minimum atomic E-state index is -0.000579. The SMILES string of the molecule is Cc1cc(C)c2nc(N3CCN(CCNC(=O)c4ccccc4)CC3)sc2c1. The van der Waals surface area contributed by atoms with E-state index in [0.29, 0.717) is 12.1 Å². The van der Waals surface area contributed by atoms with Crippen molar-refractivity contribution in [3.05, 3.63) is 59.2 Å². The second-order valence-corrected chi connectivity index (χ2v) is 8.38. The number of aromatic nitrogens is 1. The maximum Gasteiger partial charge on any atom is 0.251 e. The fourth-order valence-corrected chi connectivity index (χ4v) is 4.87. The van der Waals surface area contributed by atoms with Gasteiger partial charge < -0.3 is 10.2 Å². The van der Waals surface area contributed by atoms with Crippen molar-refractivity contribution in [2.45, 2.75) is 13.8 Å². The summed E-state index contributed by atoms with van der Waals surface area (Å²) in [4.78, 5) is 21.8. The van der Waals surface area contributed by atoms with Crippen molar-refractivity contribution in [2.24, 2.45) is 0 Å². The van der Waals surface area contributed by atoms with E-state index in [4.69, 9.17) is 4.98 Å². The molecule has 146 valence electrons. The van der Waals surface area contributed by atoms with Crippen LogP contribution in [0.4, 0.5) is 5.13 Å². The maximum atomic E-state index is 12.1. The van der Waals surface area contributed by atoms with Gasteiger partial charge in [0.15, 0.2) is 5.13 Å². The molecule has 0 radical (unpaired) electrons. The van der Waals surface area contributed by atoms with Crippen molar-refractivity contribution in [1.29, 1.82) is 0 Å². The summed E-state index contributed by atoms with van der Waals surface area (Å²) in [6, 6.07) is 13.8. The number of carbonyl (C=O) groups excluding carboxylic acids is 1. The van der Waals surface area contributed by atoms with Gasteiger partial charge in [-0.25, -0.2) is 4.98 Å². The Bertz CT molecular complexity index is 961. The Morgan fingerprint density at radius 1 is 1.11 bits per heavy atom. The minimum absolute atomic E-state index is 0.000579. The number of fused-ring (bicyclic) bond motifs is 1. The summed E-state index contributed by atoms with van der Waals surface area (Å²) in [6.45, 7) is 9.78. The van der Waals surface area contributed by atoms with E-state index in [9.17, 15) is 4.79 Å². The molecule has 4 rings (SSSR count). The van der Waals surface area contributed by atoms with Crippen LogP contribution in [-0.2, 0) is 0 Å². The van der Waals surface area contributed by atoms with E-state index in [2.05, 4.69) is 41.1 Å². The lowest BCUT2D eigenvalue weighted by molar-refractivity contribution is 0.0948. The number of carbonyl (C=O) groups is 1. The molecule has 0 spiro atoms. The van der Waals surface area contributed by atoms with Gasteiger partial charge in [-0.2, -0.15) is 0 Å². The van der Waals surface area contributed by atoms with E-state index >= 15 is 0 Å². The third-order valence-electron chi connectivity index (χ3n) is 5.21. The van der Waals surface area contributed by atoms with E-state index in [0.717, 1.165) is 43.4 Å². The summed E-state index contributed by atoms with van der Waals surface area (Å²) in [7, 11) is 0. The van der Waals surface area contributed by atoms with Crippen LogP contribution < -0.4 is 10.2 Å². The number of thiazole rings is 1.